The van der Waals surface area contributed by atoms with Crippen molar-refractivity contribution in [2.45, 2.75) is 18.9 Å². The van der Waals surface area contributed by atoms with Gasteiger partial charge >= 0.3 is 5.97 Å². The normalized spacial score (nSPS) is 19.8. The zero-order valence-corrected chi connectivity index (χ0v) is 12.7. The average Bonchev–Trinajstić information content (AvgIpc) is 2.44. The van der Waals surface area contributed by atoms with Crippen molar-refractivity contribution in [3.8, 4) is 0 Å². The van der Waals surface area contributed by atoms with Crippen molar-refractivity contribution in [3.05, 3.63) is 33.8 Å². The largest absolute Gasteiger partial charge is 0.480 e. The summed E-state index contributed by atoms with van der Waals surface area (Å²) in [5.41, 5.74) is 0.232. The van der Waals surface area contributed by atoms with Crippen LogP contribution >= 0.6 is 23.2 Å². The van der Waals surface area contributed by atoms with E-state index in [1.165, 1.54) is 18.2 Å². The van der Waals surface area contributed by atoms with Gasteiger partial charge < -0.3 is 15.2 Å². The standard InChI is InChI=1S/C14H15Cl2NO4/c15-10-4-9(5-11(16)6-10)13(18)17-12(14(19)20)8-2-1-3-21-7-8/h4-6,8,12H,1-3,7H2,(H,17,18)(H,19,20). The van der Waals surface area contributed by atoms with E-state index in [0.29, 0.717) is 29.7 Å². The molecule has 0 radical (unpaired) electrons. The fourth-order valence-electron chi connectivity index (χ4n) is 2.32. The average molecular weight is 332 g/mol. The molecule has 1 aliphatic rings. The molecule has 2 atom stereocenters. The SMILES string of the molecule is O=C(NC(C(=O)O)C1CCCOC1)c1cc(Cl)cc(Cl)c1. The highest BCUT2D eigenvalue weighted by Crippen LogP contribution is 2.21. The predicted molar refractivity (Wildman–Crippen MR) is 78.9 cm³/mol. The number of halogens is 2. The molecule has 0 aromatic heterocycles. The van der Waals surface area contributed by atoms with Crippen molar-refractivity contribution < 1.29 is 19.4 Å². The van der Waals surface area contributed by atoms with Crippen molar-refractivity contribution in [2.24, 2.45) is 5.92 Å². The van der Waals surface area contributed by atoms with Crippen LogP contribution < -0.4 is 5.32 Å². The zero-order valence-electron chi connectivity index (χ0n) is 11.1. The fraction of sp³-hybridized carbons (Fsp3) is 0.429. The van der Waals surface area contributed by atoms with Crippen LogP contribution in [0.25, 0.3) is 0 Å². The Morgan fingerprint density at radius 1 is 1.29 bits per heavy atom. The number of carboxylic acids is 1. The third-order valence-corrected chi connectivity index (χ3v) is 3.78. The second-order valence-corrected chi connectivity index (χ2v) is 5.80. The molecule has 2 N–H and O–H groups in total. The highest BCUT2D eigenvalue weighted by atomic mass is 35.5. The molecule has 0 saturated carbocycles. The van der Waals surface area contributed by atoms with E-state index in [1.54, 1.807) is 0 Å². The number of carboxylic acid groups (broad SMARTS) is 1. The maximum atomic E-state index is 12.2. The van der Waals surface area contributed by atoms with Crippen molar-refractivity contribution in [3.63, 3.8) is 0 Å². The molecule has 114 valence electrons. The summed E-state index contributed by atoms with van der Waals surface area (Å²) in [5, 5.41) is 12.5. The van der Waals surface area contributed by atoms with Gasteiger partial charge in [-0.05, 0) is 31.0 Å². The Bertz CT molecular complexity index is 524. The summed E-state index contributed by atoms with van der Waals surface area (Å²) in [7, 11) is 0. The van der Waals surface area contributed by atoms with Gasteiger partial charge in [-0.2, -0.15) is 0 Å². The Morgan fingerprint density at radius 3 is 2.48 bits per heavy atom. The summed E-state index contributed by atoms with van der Waals surface area (Å²) < 4.78 is 5.28. The first-order valence-corrected chi connectivity index (χ1v) is 7.30. The Morgan fingerprint density at radius 2 is 1.95 bits per heavy atom. The number of amides is 1. The molecule has 2 unspecified atom stereocenters. The Hall–Kier alpha value is -1.30. The quantitative estimate of drug-likeness (QED) is 0.889. The summed E-state index contributed by atoms with van der Waals surface area (Å²) in [6, 6.07) is 3.40. The monoisotopic (exact) mass is 331 g/mol. The first-order chi connectivity index (χ1) is 9.97. The van der Waals surface area contributed by atoms with Gasteiger partial charge in [0.1, 0.15) is 6.04 Å². The van der Waals surface area contributed by atoms with Crippen molar-refractivity contribution in [1.82, 2.24) is 5.32 Å². The Balaban J connectivity index is 2.12. The van der Waals surface area contributed by atoms with Crippen molar-refractivity contribution in [2.75, 3.05) is 13.2 Å². The second kappa shape index (κ2) is 7.11. The van der Waals surface area contributed by atoms with Gasteiger partial charge in [-0.3, -0.25) is 4.79 Å². The summed E-state index contributed by atoms with van der Waals surface area (Å²) in [5.74, 6) is -1.83. The molecule has 21 heavy (non-hydrogen) atoms. The maximum absolute atomic E-state index is 12.2. The molecule has 1 aromatic carbocycles. The van der Waals surface area contributed by atoms with Gasteiger partial charge in [0, 0.05) is 28.1 Å². The molecule has 5 nitrogen and oxygen atoms in total. The van der Waals surface area contributed by atoms with Crippen LogP contribution in [0.15, 0.2) is 18.2 Å². The van der Waals surface area contributed by atoms with E-state index in [0.717, 1.165) is 6.42 Å². The number of hydrogen-bond acceptors (Lipinski definition) is 3. The minimum atomic E-state index is -1.08. The Kier molecular flexibility index (Phi) is 5.45. The molecular formula is C14H15Cl2NO4. The van der Waals surface area contributed by atoms with E-state index in [2.05, 4.69) is 5.32 Å². The second-order valence-electron chi connectivity index (χ2n) is 4.92. The molecule has 1 amide bonds. The van der Waals surface area contributed by atoms with Crippen LogP contribution in [0.3, 0.4) is 0 Å². The van der Waals surface area contributed by atoms with Gasteiger partial charge in [-0.15, -0.1) is 0 Å². The number of hydrogen-bond donors (Lipinski definition) is 2. The third-order valence-electron chi connectivity index (χ3n) is 3.34. The van der Waals surface area contributed by atoms with Crippen LogP contribution in [0.2, 0.25) is 10.0 Å². The van der Waals surface area contributed by atoms with E-state index in [1.807, 2.05) is 0 Å². The molecule has 0 aliphatic carbocycles. The number of rotatable bonds is 4. The molecule has 1 heterocycles. The van der Waals surface area contributed by atoms with Gasteiger partial charge in [0.2, 0.25) is 0 Å². The highest BCUT2D eigenvalue weighted by Gasteiger charge is 2.31. The first-order valence-electron chi connectivity index (χ1n) is 6.55. The summed E-state index contributed by atoms with van der Waals surface area (Å²) in [6.45, 7) is 0.953. The third kappa shape index (κ3) is 4.33. The first kappa shape index (κ1) is 16.1. The van der Waals surface area contributed by atoms with E-state index in [9.17, 15) is 14.7 Å². The lowest BCUT2D eigenvalue weighted by Gasteiger charge is -2.28. The number of ether oxygens (including phenoxy) is 1. The highest BCUT2D eigenvalue weighted by molar-refractivity contribution is 6.35. The van der Waals surface area contributed by atoms with Gasteiger partial charge in [0.25, 0.3) is 5.91 Å². The van der Waals surface area contributed by atoms with Crippen LogP contribution in [0.4, 0.5) is 0 Å². The fourth-order valence-corrected chi connectivity index (χ4v) is 2.85. The molecular weight excluding hydrogens is 317 g/mol. The number of carbonyl (C=O) groups excluding carboxylic acids is 1. The van der Waals surface area contributed by atoms with E-state index in [-0.39, 0.29) is 11.5 Å². The van der Waals surface area contributed by atoms with Crippen LogP contribution in [0.1, 0.15) is 23.2 Å². The van der Waals surface area contributed by atoms with Crippen molar-refractivity contribution in [1.29, 1.82) is 0 Å². The molecule has 1 fully saturated rings. The maximum Gasteiger partial charge on any atom is 0.326 e. The smallest absolute Gasteiger partial charge is 0.326 e. The van der Waals surface area contributed by atoms with Gasteiger partial charge in [-0.25, -0.2) is 4.79 Å². The van der Waals surface area contributed by atoms with Crippen LogP contribution in [0, 0.1) is 5.92 Å². The molecule has 1 aromatic rings. The zero-order chi connectivity index (χ0) is 15.4. The minimum absolute atomic E-state index is 0.232. The van der Waals surface area contributed by atoms with Crippen LogP contribution in [-0.2, 0) is 9.53 Å². The molecule has 0 bridgehead atoms. The summed E-state index contributed by atoms with van der Waals surface area (Å²) >= 11 is 11.7. The lowest BCUT2D eigenvalue weighted by atomic mass is 9.93. The van der Waals surface area contributed by atoms with E-state index < -0.39 is 17.9 Å². The van der Waals surface area contributed by atoms with Crippen LogP contribution in [-0.4, -0.2) is 36.2 Å². The van der Waals surface area contributed by atoms with Gasteiger partial charge in [0.05, 0.1) is 6.61 Å². The van der Waals surface area contributed by atoms with E-state index >= 15 is 0 Å². The molecule has 2 rings (SSSR count). The lowest BCUT2D eigenvalue weighted by molar-refractivity contribution is -0.142. The number of carbonyl (C=O) groups is 2. The summed E-state index contributed by atoms with van der Waals surface area (Å²) in [6.07, 6.45) is 1.49. The number of nitrogens with one attached hydrogen (secondary N) is 1. The van der Waals surface area contributed by atoms with Gasteiger partial charge in [0.15, 0.2) is 0 Å². The van der Waals surface area contributed by atoms with Crippen LogP contribution in [0.5, 0.6) is 0 Å². The van der Waals surface area contributed by atoms with Crippen molar-refractivity contribution >= 4 is 35.1 Å². The molecule has 1 aliphatic heterocycles. The number of benzene rings is 1. The molecule has 7 heteroatoms. The lowest BCUT2D eigenvalue weighted by Crippen LogP contribution is -2.48. The summed E-state index contributed by atoms with van der Waals surface area (Å²) in [4.78, 5) is 23.6. The minimum Gasteiger partial charge on any atom is -0.480 e. The number of aliphatic carboxylic acids is 1. The molecule has 0 spiro atoms. The Labute approximate surface area is 132 Å². The van der Waals surface area contributed by atoms with Gasteiger partial charge in [-0.1, -0.05) is 23.2 Å². The topological polar surface area (TPSA) is 75.6 Å². The van der Waals surface area contributed by atoms with E-state index in [4.69, 9.17) is 27.9 Å². The predicted octanol–water partition coefficient (Wildman–Crippen LogP) is 2.60. The molecule has 1 saturated heterocycles.